The van der Waals surface area contributed by atoms with Crippen molar-refractivity contribution >= 4 is 33.1 Å². The maximum Gasteiger partial charge on any atom is 0.228 e. The number of Topliss-reactive ketones (excluding diaryl/α,β-unsaturated/α-hetero) is 1. The predicted octanol–water partition coefficient (Wildman–Crippen LogP) is 2.79. The number of carbonyl (C=O) groups is 2. The second-order valence-corrected chi connectivity index (χ2v) is 9.77. The largest absolute Gasteiger partial charge is 0.315 e. The van der Waals surface area contributed by atoms with Crippen LogP contribution in [0.2, 0.25) is 5.02 Å². The summed E-state index contributed by atoms with van der Waals surface area (Å²) in [5.74, 6) is -1.22. The zero-order valence-electron chi connectivity index (χ0n) is 14.7. The summed E-state index contributed by atoms with van der Waals surface area (Å²) in [5, 5.41) is 0.406. The van der Waals surface area contributed by atoms with Crippen molar-refractivity contribution < 1.29 is 18.0 Å². The maximum atomic E-state index is 13.3. The maximum absolute atomic E-state index is 13.3. The minimum absolute atomic E-state index is 0.00829. The molecule has 1 amide bonds. The van der Waals surface area contributed by atoms with E-state index in [1.807, 2.05) is 31.2 Å². The van der Waals surface area contributed by atoms with Gasteiger partial charge in [0.1, 0.15) is 0 Å². The highest BCUT2D eigenvalue weighted by Gasteiger charge is 2.70. The number of benzene rings is 2. The van der Waals surface area contributed by atoms with E-state index in [-0.39, 0.29) is 23.8 Å². The van der Waals surface area contributed by atoms with Crippen LogP contribution in [0.25, 0.3) is 0 Å². The highest BCUT2D eigenvalue weighted by atomic mass is 35.5. The fourth-order valence-corrected chi connectivity index (χ4v) is 6.28. The monoisotopic (exact) mass is 403 g/mol. The number of sulfone groups is 1. The van der Waals surface area contributed by atoms with Crippen LogP contribution in [0.4, 0.5) is 0 Å². The molecule has 2 aliphatic heterocycles. The molecule has 0 N–H and O–H groups in total. The number of carbonyl (C=O) groups excluding carboxylic acids is 2. The number of hydrogen-bond donors (Lipinski definition) is 0. The second-order valence-electron chi connectivity index (χ2n) is 7.18. The Labute approximate surface area is 162 Å². The molecule has 140 valence electrons. The third-order valence-corrected chi connectivity index (χ3v) is 8.02. The molecule has 2 fully saturated rings. The smallest absolute Gasteiger partial charge is 0.228 e. The topological polar surface area (TPSA) is 71.5 Å². The lowest BCUT2D eigenvalue weighted by atomic mass is 9.92. The number of rotatable bonds is 4. The van der Waals surface area contributed by atoms with Gasteiger partial charge in [0.15, 0.2) is 5.78 Å². The van der Waals surface area contributed by atoms with Crippen LogP contribution in [-0.2, 0) is 25.8 Å². The summed E-state index contributed by atoms with van der Waals surface area (Å²) in [6.07, 6.45) is 0.128. The molecule has 0 aromatic heterocycles. The average molecular weight is 404 g/mol. The molecule has 2 aromatic carbocycles. The fourth-order valence-electron chi connectivity index (χ4n) is 4.06. The predicted molar refractivity (Wildman–Crippen MR) is 101 cm³/mol. The Morgan fingerprint density at radius 3 is 2.48 bits per heavy atom. The molecule has 2 saturated heterocycles. The summed E-state index contributed by atoms with van der Waals surface area (Å²) in [5.41, 5.74) is 2.03. The van der Waals surface area contributed by atoms with Gasteiger partial charge in [-0.15, -0.1) is 0 Å². The van der Waals surface area contributed by atoms with Crippen LogP contribution in [-0.4, -0.2) is 36.4 Å². The molecule has 2 aromatic rings. The Balaban J connectivity index is 1.70. The Morgan fingerprint density at radius 1 is 1.15 bits per heavy atom. The number of β-lactam (4-membered cyclic amide) rings is 1. The molecule has 27 heavy (non-hydrogen) atoms. The van der Waals surface area contributed by atoms with Crippen molar-refractivity contribution in [2.45, 2.75) is 29.5 Å². The van der Waals surface area contributed by atoms with Crippen LogP contribution < -0.4 is 0 Å². The van der Waals surface area contributed by atoms with Crippen molar-refractivity contribution in [1.82, 2.24) is 4.90 Å². The Bertz CT molecular complexity index is 1050. The van der Waals surface area contributed by atoms with Gasteiger partial charge in [0.2, 0.25) is 20.6 Å². The summed E-state index contributed by atoms with van der Waals surface area (Å²) >= 11 is 5.85. The van der Waals surface area contributed by atoms with Gasteiger partial charge in [0.25, 0.3) is 0 Å². The first-order valence-electron chi connectivity index (χ1n) is 8.66. The van der Waals surface area contributed by atoms with E-state index in [9.17, 15) is 18.0 Å². The SMILES string of the molecule is Cc1cccc(CC2CN3C(=O)CC3(S(=O)(=O)c3ccc(Cl)cc3)C2=O)c1. The van der Waals surface area contributed by atoms with Crippen LogP contribution in [0.3, 0.4) is 0 Å². The summed E-state index contributed by atoms with van der Waals surface area (Å²) in [6.45, 7) is 2.10. The Kier molecular flexibility index (Phi) is 4.16. The number of amides is 1. The molecule has 0 radical (unpaired) electrons. The number of aryl methyl sites for hydroxylation is 1. The van der Waals surface area contributed by atoms with Crippen molar-refractivity contribution in [3.63, 3.8) is 0 Å². The van der Waals surface area contributed by atoms with Gasteiger partial charge in [-0.05, 0) is 43.2 Å². The molecule has 5 nitrogen and oxygen atoms in total. The summed E-state index contributed by atoms with van der Waals surface area (Å²) in [4.78, 5) is 24.8. The van der Waals surface area contributed by atoms with Crippen LogP contribution in [0.15, 0.2) is 53.4 Å². The molecule has 2 heterocycles. The van der Waals surface area contributed by atoms with Crippen molar-refractivity contribution in [2.75, 3.05) is 6.54 Å². The molecule has 0 saturated carbocycles. The van der Waals surface area contributed by atoms with Crippen LogP contribution >= 0.6 is 11.6 Å². The molecule has 2 aliphatic rings. The van der Waals surface area contributed by atoms with E-state index < -0.39 is 26.4 Å². The highest BCUT2D eigenvalue weighted by Crippen LogP contribution is 2.48. The van der Waals surface area contributed by atoms with Gasteiger partial charge in [-0.1, -0.05) is 41.4 Å². The van der Waals surface area contributed by atoms with E-state index in [1.165, 1.54) is 29.2 Å². The van der Waals surface area contributed by atoms with E-state index in [0.717, 1.165) is 11.1 Å². The fraction of sp³-hybridized carbons (Fsp3) is 0.300. The van der Waals surface area contributed by atoms with E-state index in [4.69, 9.17) is 11.6 Å². The second kappa shape index (κ2) is 6.17. The van der Waals surface area contributed by atoms with Gasteiger partial charge >= 0.3 is 0 Å². The zero-order chi connectivity index (χ0) is 19.4. The lowest BCUT2D eigenvalue weighted by Crippen LogP contribution is -2.67. The molecule has 7 heteroatoms. The van der Waals surface area contributed by atoms with Crippen LogP contribution in [0.5, 0.6) is 0 Å². The Morgan fingerprint density at radius 2 is 1.85 bits per heavy atom. The van der Waals surface area contributed by atoms with E-state index in [0.29, 0.717) is 11.4 Å². The number of ketones is 1. The van der Waals surface area contributed by atoms with E-state index >= 15 is 0 Å². The summed E-state index contributed by atoms with van der Waals surface area (Å²) < 4.78 is 26.6. The number of nitrogens with zero attached hydrogens (tertiary/aromatic N) is 1. The van der Waals surface area contributed by atoms with E-state index in [1.54, 1.807) is 0 Å². The van der Waals surface area contributed by atoms with Crippen molar-refractivity contribution in [1.29, 1.82) is 0 Å². The zero-order valence-corrected chi connectivity index (χ0v) is 16.3. The molecule has 0 spiro atoms. The van der Waals surface area contributed by atoms with Gasteiger partial charge in [0.05, 0.1) is 11.3 Å². The van der Waals surface area contributed by atoms with Crippen molar-refractivity contribution in [3.8, 4) is 0 Å². The third-order valence-electron chi connectivity index (χ3n) is 5.42. The normalized spacial score (nSPS) is 24.7. The minimum atomic E-state index is -4.04. The quantitative estimate of drug-likeness (QED) is 0.736. The van der Waals surface area contributed by atoms with Crippen LogP contribution in [0.1, 0.15) is 17.5 Å². The summed E-state index contributed by atoms with van der Waals surface area (Å²) in [6, 6.07) is 13.5. The van der Waals surface area contributed by atoms with Gasteiger partial charge in [0, 0.05) is 17.5 Å². The molecule has 2 unspecified atom stereocenters. The van der Waals surface area contributed by atoms with Gasteiger partial charge in [-0.3, -0.25) is 9.59 Å². The minimum Gasteiger partial charge on any atom is -0.315 e. The first-order valence-corrected chi connectivity index (χ1v) is 10.5. The molecular formula is C20H18ClNO4S. The van der Waals surface area contributed by atoms with Gasteiger partial charge in [-0.2, -0.15) is 0 Å². The number of fused-ring (bicyclic) bond motifs is 1. The Hall–Kier alpha value is -2.18. The first kappa shape index (κ1) is 18.2. The number of hydrogen-bond acceptors (Lipinski definition) is 4. The highest BCUT2D eigenvalue weighted by molar-refractivity contribution is 7.93. The van der Waals surface area contributed by atoms with Crippen LogP contribution in [0, 0.1) is 12.8 Å². The van der Waals surface area contributed by atoms with Crippen molar-refractivity contribution in [3.05, 3.63) is 64.7 Å². The number of halogens is 1. The molecule has 2 atom stereocenters. The molecule has 0 aliphatic carbocycles. The van der Waals surface area contributed by atoms with Crippen molar-refractivity contribution in [2.24, 2.45) is 5.92 Å². The lowest BCUT2D eigenvalue weighted by Gasteiger charge is -2.44. The molecule has 0 bridgehead atoms. The molecular weight excluding hydrogens is 386 g/mol. The standard InChI is InChI=1S/C20H18ClNO4S/c1-13-3-2-4-14(9-13)10-15-12-22-18(23)11-20(22,19(15)24)27(25,26)17-7-5-16(21)6-8-17/h2-9,15H,10-12H2,1H3. The lowest BCUT2D eigenvalue weighted by molar-refractivity contribution is -0.150. The summed E-state index contributed by atoms with van der Waals surface area (Å²) in [7, 11) is -4.04. The van der Waals surface area contributed by atoms with Gasteiger partial charge < -0.3 is 4.90 Å². The molecule has 4 rings (SSSR count). The first-order chi connectivity index (χ1) is 12.8. The van der Waals surface area contributed by atoms with Gasteiger partial charge in [-0.25, -0.2) is 8.42 Å². The third kappa shape index (κ3) is 2.62. The average Bonchev–Trinajstić information content (AvgIpc) is 2.84. The van der Waals surface area contributed by atoms with E-state index in [2.05, 4.69) is 0 Å².